The molecule has 142 valence electrons. The number of hydrogen-bond donors (Lipinski definition) is 1. The Morgan fingerprint density at radius 3 is 2.31 bits per heavy atom. The first-order valence-electron chi connectivity index (χ1n) is 8.60. The topological polar surface area (TPSA) is 99.5 Å². The summed E-state index contributed by atoms with van der Waals surface area (Å²) in [4.78, 5) is 12.4. The minimum absolute atomic E-state index is 0.133. The summed E-state index contributed by atoms with van der Waals surface area (Å²) < 4.78 is 32.6. The van der Waals surface area contributed by atoms with Crippen molar-refractivity contribution in [3.8, 4) is 6.07 Å². The molecule has 0 aliphatic carbocycles. The number of sulfonamides is 1. The van der Waals surface area contributed by atoms with E-state index in [9.17, 15) is 13.2 Å². The smallest absolute Gasteiger partial charge is 0.252 e. The largest absolute Gasteiger partial charge is 0.373 e. The molecule has 0 bridgehead atoms. The number of rotatable bonds is 5. The number of nitriles is 1. The molecule has 1 saturated heterocycles. The van der Waals surface area contributed by atoms with Crippen LogP contribution in [0.1, 0.15) is 44.5 Å². The van der Waals surface area contributed by atoms with Crippen LogP contribution in [0, 0.1) is 11.3 Å². The molecule has 0 aromatic heterocycles. The van der Waals surface area contributed by atoms with Crippen LogP contribution in [0.5, 0.6) is 0 Å². The monoisotopic (exact) mass is 379 g/mol. The van der Waals surface area contributed by atoms with Gasteiger partial charge >= 0.3 is 0 Å². The van der Waals surface area contributed by atoms with E-state index in [1.54, 1.807) is 6.92 Å². The molecule has 1 amide bonds. The average molecular weight is 379 g/mol. The maximum atomic E-state index is 12.8. The molecule has 1 aromatic rings. The van der Waals surface area contributed by atoms with Gasteiger partial charge in [-0.2, -0.15) is 9.57 Å². The number of amides is 1. The lowest BCUT2D eigenvalue weighted by atomic mass is 10.0. The van der Waals surface area contributed by atoms with Crippen LogP contribution in [0.2, 0.25) is 0 Å². The lowest BCUT2D eigenvalue weighted by molar-refractivity contribution is -0.0440. The quantitative estimate of drug-likeness (QED) is 0.842. The van der Waals surface area contributed by atoms with Gasteiger partial charge in [0.15, 0.2) is 0 Å². The van der Waals surface area contributed by atoms with Crippen LogP contribution in [-0.4, -0.2) is 49.5 Å². The van der Waals surface area contributed by atoms with Crippen molar-refractivity contribution in [2.24, 2.45) is 0 Å². The van der Waals surface area contributed by atoms with Gasteiger partial charge in [0, 0.05) is 18.7 Å². The van der Waals surface area contributed by atoms with Crippen LogP contribution in [0.3, 0.4) is 0 Å². The van der Waals surface area contributed by atoms with E-state index in [4.69, 9.17) is 10.00 Å². The standard InChI is InChI=1S/C18H25N3O4S/c1-5-18(4,12-19)20-17(22)15-6-8-16(9-7-15)26(23,24)21-10-13(2)25-14(3)11-21/h6-9,13-14H,5,10-11H2,1-4H3,(H,20,22)/t13-,14-,18+/m0/s1. The number of nitrogens with zero attached hydrogens (tertiary/aromatic N) is 2. The van der Waals surface area contributed by atoms with Crippen LogP contribution < -0.4 is 5.32 Å². The van der Waals surface area contributed by atoms with Gasteiger partial charge in [-0.1, -0.05) is 6.92 Å². The summed E-state index contributed by atoms with van der Waals surface area (Å²) in [5.41, 5.74) is -0.648. The minimum Gasteiger partial charge on any atom is -0.373 e. The highest BCUT2D eigenvalue weighted by atomic mass is 32.2. The molecule has 0 saturated carbocycles. The predicted octanol–water partition coefficient (Wildman–Crippen LogP) is 1.91. The summed E-state index contributed by atoms with van der Waals surface area (Å²) >= 11 is 0. The van der Waals surface area contributed by atoms with E-state index >= 15 is 0 Å². The van der Waals surface area contributed by atoms with Crippen LogP contribution in [0.4, 0.5) is 0 Å². The van der Waals surface area contributed by atoms with Gasteiger partial charge in [-0.3, -0.25) is 4.79 Å². The summed E-state index contributed by atoms with van der Waals surface area (Å²) in [5, 5.41) is 11.8. The van der Waals surface area contributed by atoms with E-state index in [-0.39, 0.29) is 17.1 Å². The second-order valence-electron chi connectivity index (χ2n) is 6.86. The van der Waals surface area contributed by atoms with Crippen molar-refractivity contribution in [3.05, 3.63) is 29.8 Å². The fraction of sp³-hybridized carbons (Fsp3) is 0.556. The molecule has 0 radical (unpaired) electrons. The summed E-state index contributed by atoms with van der Waals surface area (Å²) in [7, 11) is -3.65. The number of morpholine rings is 1. The maximum Gasteiger partial charge on any atom is 0.252 e. The first-order chi connectivity index (χ1) is 12.1. The van der Waals surface area contributed by atoms with Gasteiger partial charge < -0.3 is 10.1 Å². The van der Waals surface area contributed by atoms with Crippen LogP contribution in [0.15, 0.2) is 29.2 Å². The highest BCUT2D eigenvalue weighted by molar-refractivity contribution is 7.89. The van der Waals surface area contributed by atoms with Crippen LogP contribution in [0.25, 0.3) is 0 Å². The zero-order valence-corrected chi connectivity index (χ0v) is 16.3. The van der Waals surface area contributed by atoms with Gasteiger partial charge in [-0.15, -0.1) is 0 Å². The van der Waals surface area contributed by atoms with E-state index in [0.717, 1.165) is 0 Å². The van der Waals surface area contributed by atoms with Gasteiger partial charge in [0.25, 0.3) is 5.91 Å². The average Bonchev–Trinajstić information content (AvgIpc) is 2.60. The molecule has 3 atom stereocenters. The highest BCUT2D eigenvalue weighted by Crippen LogP contribution is 2.21. The molecule has 2 rings (SSSR count). The fourth-order valence-electron chi connectivity index (χ4n) is 2.77. The number of benzene rings is 1. The Balaban J connectivity index is 2.18. The van der Waals surface area contributed by atoms with Gasteiger partial charge in [0.05, 0.1) is 23.2 Å². The SMILES string of the molecule is CC[C@](C)(C#N)NC(=O)c1ccc(S(=O)(=O)N2C[C@H](C)O[C@@H](C)C2)cc1. The Kier molecular flexibility index (Phi) is 6.06. The maximum absolute atomic E-state index is 12.8. The van der Waals surface area contributed by atoms with Crippen molar-refractivity contribution in [2.75, 3.05) is 13.1 Å². The normalized spacial score (nSPS) is 23.7. The Labute approximate surface area is 155 Å². The molecule has 1 heterocycles. The molecule has 26 heavy (non-hydrogen) atoms. The third-order valence-electron chi connectivity index (χ3n) is 4.48. The molecule has 1 N–H and O–H groups in total. The minimum atomic E-state index is -3.65. The Morgan fingerprint density at radius 1 is 1.31 bits per heavy atom. The molecule has 0 spiro atoms. The number of ether oxygens (including phenoxy) is 1. The number of hydrogen-bond acceptors (Lipinski definition) is 5. The molecule has 1 aliphatic heterocycles. The van der Waals surface area contributed by atoms with Crippen molar-refractivity contribution >= 4 is 15.9 Å². The second-order valence-corrected chi connectivity index (χ2v) is 8.79. The van der Waals surface area contributed by atoms with E-state index in [0.29, 0.717) is 25.1 Å². The zero-order chi connectivity index (χ0) is 19.5. The van der Waals surface area contributed by atoms with E-state index in [1.165, 1.54) is 28.6 Å². The van der Waals surface area contributed by atoms with E-state index in [1.807, 2.05) is 20.8 Å². The third-order valence-corrected chi connectivity index (χ3v) is 6.33. The molecule has 0 unspecified atom stereocenters. The zero-order valence-electron chi connectivity index (χ0n) is 15.5. The van der Waals surface area contributed by atoms with Gasteiger partial charge in [-0.05, 0) is 51.5 Å². The predicted molar refractivity (Wildman–Crippen MR) is 97.0 cm³/mol. The molecular formula is C18H25N3O4S. The fourth-order valence-corrected chi connectivity index (χ4v) is 4.36. The first kappa shape index (κ1) is 20.4. The molecule has 1 fully saturated rings. The number of carbonyl (C=O) groups is 1. The molecule has 1 aliphatic rings. The van der Waals surface area contributed by atoms with E-state index in [2.05, 4.69) is 11.4 Å². The lowest BCUT2D eigenvalue weighted by Crippen LogP contribution is -2.48. The summed E-state index contributed by atoms with van der Waals surface area (Å²) in [6.07, 6.45) is 0.127. The molecule has 7 nitrogen and oxygen atoms in total. The van der Waals surface area contributed by atoms with Crippen molar-refractivity contribution < 1.29 is 17.9 Å². The molecular weight excluding hydrogens is 354 g/mol. The van der Waals surface area contributed by atoms with E-state index < -0.39 is 21.5 Å². The number of carbonyl (C=O) groups excluding carboxylic acids is 1. The summed E-state index contributed by atoms with van der Waals surface area (Å²) in [6, 6.07) is 7.83. The Morgan fingerprint density at radius 2 is 1.85 bits per heavy atom. The van der Waals surface area contributed by atoms with Crippen molar-refractivity contribution in [1.29, 1.82) is 5.26 Å². The molecule has 1 aromatic carbocycles. The van der Waals surface area contributed by atoms with Gasteiger partial charge in [0.1, 0.15) is 5.54 Å². The van der Waals surface area contributed by atoms with Crippen molar-refractivity contribution in [3.63, 3.8) is 0 Å². The summed E-state index contributed by atoms with van der Waals surface area (Å²) in [6.45, 7) is 7.73. The van der Waals surface area contributed by atoms with Gasteiger partial charge in [-0.25, -0.2) is 8.42 Å². The van der Waals surface area contributed by atoms with Crippen LogP contribution in [-0.2, 0) is 14.8 Å². The van der Waals surface area contributed by atoms with Crippen molar-refractivity contribution in [2.45, 2.75) is 56.8 Å². The first-order valence-corrected chi connectivity index (χ1v) is 10.0. The molecule has 8 heteroatoms. The Hall–Kier alpha value is -1.95. The highest BCUT2D eigenvalue weighted by Gasteiger charge is 2.32. The van der Waals surface area contributed by atoms with Crippen LogP contribution >= 0.6 is 0 Å². The van der Waals surface area contributed by atoms with Crippen molar-refractivity contribution in [1.82, 2.24) is 9.62 Å². The second kappa shape index (κ2) is 7.74. The van der Waals surface area contributed by atoms with Gasteiger partial charge in [0.2, 0.25) is 10.0 Å². The Bertz CT molecular complexity index is 791. The summed E-state index contributed by atoms with van der Waals surface area (Å²) in [5.74, 6) is -0.409. The lowest BCUT2D eigenvalue weighted by Gasteiger charge is -2.34. The number of nitrogens with one attached hydrogen (secondary N) is 1. The third kappa shape index (κ3) is 4.41.